The lowest BCUT2D eigenvalue weighted by molar-refractivity contribution is -0.150. The molecule has 0 aromatic carbocycles. The molecule has 0 aromatic rings. The van der Waals surface area contributed by atoms with E-state index in [1.165, 1.54) is 12.2 Å². The van der Waals surface area contributed by atoms with Crippen LogP contribution in [0.5, 0.6) is 0 Å². The highest BCUT2D eigenvalue weighted by molar-refractivity contribution is 5.91. The summed E-state index contributed by atoms with van der Waals surface area (Å²) >= 11 is 0. The van der Waals surface area contributed by atoms with Crippen LogP contribution in [-0.4, -0.2) is 28.4 Å². The number of rotatable bonds is 0. The highest BCUT2D eigenvalue weighted by atomic mass is 16.5. The third kappa shape index (κ3) is 1.32. The molecule has 2 rings (SSSR count). The fourth-order valence-electron chi connectivity index (χ4n) is 1.94. The average molecular weight is 196 g/mol. The zero-order chi connectivity index (χ0) is 10.3. The first-order valence-corrected chi connectivity index (χ1v) is 4.60. The molecule has 0 amide bonds. The molecule has 4 heteroatoms. The van der Waals surface area contributed by atoms with Crippen molar-refractivity contribution in [2.45, 2.75) is 25.6 Å². The van der Waals surface area contributed by atoms with Crippen LogP contribution in [0.15, 0.2) is 23.5 Å². The summed E-state index contributed by atoms with van der Waals surface area (Å²) in [6.45, 7) is 1.77. The molecule has 0 aromatic heterocycles. The maximum Gasteiger partial charge on any atom is 0.338 e. The molecule has 0 radical (unpaired) electrons. The Kier molecular flexibility index (Phi) is 2.07. The predicted molar refractivity (Wildman–Crippen MR) is 48.5 cm³/mol. The van der Waals surface area contributed by atoms with E-state index < -0.39 is 12.1 Å². The maximum atomic E-state index is 11.4. The van der Waals surface area contributed by atoms with Gasteiger partial charge in [-0.3, -0.25) is 0 Å². The third-order valence-corrected chi connectivity index (χ3v) is 2.62. The zero-order valence-corrected chi connectivity index (χ0v) is 7.80. The molecule has 0 bridgehead atoms. The van der Waals surface area contributed by atoms with Crippen LogP contribution in [0.2, 0.25) is 0 Å². The summed E-state index contributed by atoms with van der Waals surface area (Å²) in [6, 6.07) is 0. The summed E-state index contributed by atoms with van der Waals surface area (Å²) in [7, 11) is 0. The van der Waals surface area contributed by atoms with Crippen LogP contribution in [0.25, 0.3) is 0 Å². The SMILES string of the molecule is C[C@@H]1C[C@H]2C(=C(O)C=C[C@H]2O)C(=O)O1. The summed E-state index contributed by atoms with van der Waals surface area (Å²) < 4.78 is 4.97. The Hall–Kier alpha value is -1.29. The van der Waals surface area contributed by atoms with Crippen LogP contribution in [0.3, 0.4) is 0 Å². The van der Waals surface area contributed by atoms with E-state index in [9.17, 15) is 15.0 Å². The molecule has 0 saturated carbocycles. The lowest BCUT2D eigenvalue weighted by Gasteiger charge is -2.33. The normalized spacial score (nSPS) is 36.7. The molecule has 1 saturated heterocycles. The predicted octanol–water partition coefficient (Wildman–Crippen LogP) is 0.681. The number of cyclic esters (lactones) is 1. The Morgan fingerprint density at radius 2 is 2.29 bits per heavy atom. The molecule has 0 spiro atoms. The van der Waals surface area contributed by atoms with Gasteiger partial charge in [0.2, 0.25) is 0 Å². The van der Waals surface area contributed by atoms with Gasteiger partial charge in [-0.2, -0.15) is 0 Å². The van der Waals surface area contributed by atoms with Gasteiger partial charge in [-0.15, -0.1) is 0 Å². The molecular weight excluding hydrogens is 184 g/mol. The van der Waals surface area contributed by atoms with Gasteiger partial charge in [0.25, 0.3) is 0 Å². The Morgan fingerprint density at radius 3 is 3.00 bits per heavy atom. The van der Waals surface area contributed by atoms with Gasteiger partial charge in [-0.05, 0) is 19.4 Å². The summed E-state index contributed by atoms with van der Waals surface area (Å²) in [4.78, 5) is 11.4. The number of hydrogen-bond donors (Lipinski definition) is 2. The quantitative estimate of drug-likeness (QED) is 0.559. The third-order valence-electron chi connectivity index (χ3n) is 2.62. The van der Waals surface area contributed by atoms with E-state index in [0.717, 1.165) is 0 Å². The molecule has 1 aliphatic carbocycles. The van der Waals surface area contributed by atoms with Gasteiger partial charge in [0.1, 0.15) is 11.9 Å². The number of ether oxygens (including phenoxy) is 1. The highest BCUT2D eigenvalue weighted by Crippen LogP contribution is 2.34. The van der Waals surface area contributed by atoms with Crippen LogP contribution in [0.4, 0.5) is 0 Å². The molecule has 1 heterocycles. The monoisotopic (exact) mass is 196 g/mol. The van der Waals surface area contributed by atoms with Gasteiger partial charge < -0.3 is 14.9 Å². The minimum absolute atomic E-state index is 0.0859. The van der Waals surface area contributed by atoms with Crippen LogP contribution < -0.4 is 0 Å². The second-order valence-corrected chi connectivity index (χ2v) is 3.71. The number of aliphatic hydroxyl groups excluding tert-OH is 2. The molecule has 2 aliphatic rings. The summed E-state index contributed by atoms with van der Waals surface area (Å²) in [5.74, 6) is -0.928. The van der Waals surface area contributed by atoms with E-state index in [1.807, 2.05) is 0 Å². The van der Waals surface area contributed by atoms with E-state index in [0.29, 0.717) is 6.42 Å². The van der Waals surface area contributed by atoms with Gasteiger partial charge in [0.15, 0.2) is 0 Å². The average Bonchev–Trinajstić information content (AvgIpc) is 2.10. The largest absolute Gasteiger partial charge is 0.507 e. The Balaban J connectivity index is 2.38. The van der Waals surface area contributed by atoms with Crippen molar-refractivity contribution in [3.05, 3.63) is 23.5 Å². The fourth-order valence-corrected chi connectivity index (χ4v) is 1.94. The van der Waals surface area contributed by atoms with Crippen molar-refractivity contribution in [2.75, 3.05) is 0 Å². The van der Waals surface area contributed by atoms with Gasteiger partial charge in [0, 0.05) is 5.92 Å². The van der Waals surface area contributed by atoms with Crippen LogP contribution >= 0.6 is 0 Å². The van der Waals surface area contributed by atoms with Crippen molar-refractivity contribution in [2.24, 2.45) is 5.92 Å². The maximum absolute atomic E-state index is 11.4. The number of aliphatic hydroxyl groups is 2. The first-order valence-electron chi connectivity index (χ1n) is 4.60. The molecule has 76 valence electrons. The number of carbonyl (C=O) groups is 1. The number of esters is 1. The van der Waals surface area contributed by atoms with E-state index in [4.69, 9.17) is 4.74 Å². The van der Waals surface area contributed by atoms with Gasteiger partial charge in [-0.25, -0.2) is 4.79 Å². The summed E-state index contributed by atoms with van der Waals surface area (Å²) in [5, 5.41) is 19.1. The van der Waals surface area contributed by atoms with E-state index in [-0.39, 0.29) is 23.4 Å². The van der Waals surface area contributed by atoms with Crippen molar-refractivity contribution in [3.63, 3.8) is 0 Å². The van der Waals surface area contributed by atoms with Crippen molar-refractivity contribution >= 4 is 5.97 Å². The van der Waals surface area contributed by atoms with E-state index >= 15 is 0 Å². The zero-order valence-electron chi connectivity index (χ0n) is 7.80. The van der Waals surface area contributed by atoms with Gasteiger partial charge >= 0.3 is 5.97 Å². The first-order chi connectivity index (χ1) is 6.59. The summed E-state index contributed by atoms with van der Waals surface area (Å²) in [5.41, 5.74) is 0.207. The van der Waals surface area contributed by atoms with E-state index in [2.05, 4.69) is 0 Å². The van der Waals surface area contributed by atoms with Crippen molar-refractivity contribution < 1.29 is 19.7 Å². The van der Waals surface area contributed by atoms with Crippen LogP contribution in [0.1, 0.15) is 13.3 Å². The smallest absolute Gasteiger partial charge is 0.338 e. The van der Waals surface area contributed by atoms with Crippen LogP contribution in [-0.2, 0) is 9.53 Å². The molecule has 1 aliphatic heterocycles. The van der Waals surface area contributed by atoms with Crippen molar-refractivity contribution in [1.29, 1.82) is 0 Å². The first kappa shape index (κ1) is 9.27. The van der Waals surface area contributed by atoms with Crippen LogP contribution in [0, 0.1) is 5.92 Å². The topological polar surface area (TPSA) is 66.8 Å². The van der Waals surface area contributed by atoms with Crippen molar-refractivity contribution in [1.82, 2.24) is 0 Å². The minimum atomic E-state index is -0.698. The Morgan fingerprint density at radius 1 is 1.57 bits per heavy atom. The lowest BCUT2D eigenvalue weighted by atomic mass is 9.82. The standard InChI is InChI=1S/C10H12O4/c1-5-4-6-7(11)2-3-8(12)9(6)10(13)14-5/h2-3,5-7,11-12H,4H2,1H3/t5-,6-,7-/m1/s1. The lowest BCUT2D eigenvalue weighted by Crippen LogP contribution is -2.38. The molecule has 1 fully saturated rings. The molecule has 0 unspecified atom stereocenters. The number of carbonyl (C=O) groups excluding carboxylic acids is 1. The van der Waals surface area contributed by atoms with Gasteiger partial charge in [0.05, 0.1) is 11.7 Å². The molecule has 2 N–H and O–H groups in total. The highest BCUT2D eigenvalue weighted by Gasteiger charge is 2.38. The summed E-state index contributed by atoms with van der Waals surface area (Å²) in [6.07, 6.45) is 2.49. The van der Waals surface area contributed by atoms with Crippen molar-refractivity contribution in [3.8, 4) is 0 Å². The van der Waals surface area contributed by atoms with E-state index in [1.54, 1.807) is 6.92 Å². The number of hydrogen-bond acceptors (Lipinski definition) is 4. The molecule has 4 nitrogen and oxygen atoms in total. The number of allylic oxidation sites excluding steroid dienone is 1. The van der Waals surface area contributed by atoms with Gasteiger partial charge in [-0.1, -0.05) is 6.08 Å². The fraction of sp³-hybridized carbons (Fsp3) is 0.500. The molecular formula is C10H12O4. The Labute approximate surface area is 81.5 Å². The second kappa shape index (κ2) is 3.13. The minimum Gasteiger partial charge on any atom is -0.507 e. The second-order valence-electron chi connectivity index (χ2n) is 3.71. The Bertz CT molecular complexity index is 329. The molecule has 3 atom stereocenters. The number of fused-ring (bicyclic) bond motifs is 1. The molecule has 14 heavy (non-hydrogen) atoms.